The Morgan fingerprint density at radius 2 is 1.24 bits per heavy atom. The molecule has 0 bridgehead atoms. The third-order valence-electron chi connectivity index (χ3n) is 2.51. The number of hydrogen-bond donors (Lipinski definition) is 0. The van der Waals surface area contributed by atoms with Gasteiger partial charge in [-0.25, -0.2) is 0 Å². The Morgan fingerprint density at radius 1 is 0.824 bits per heavy atom. The summed E-state index contributed by atoms with van der Waals surface area (Å²) in [6.45, 7) is 0. The Kier molecular flexibility index (Phi) is 4.53. The second-order valence-electron chi connectivity index (χ2n) is 3.55. The van der Waals surface area contributed by atoms with Crippen molar-refractivity contribution in [2.45, 2.75) is 5.66 Å². The Bertz CT molecular complexity index is 497. The van der Waals surface area contributed by atoms with Crippen LogP contribution in [0.3, 0.4) is 0 Å². The van der Waals surface area contributed by atoms with Gasteiger partial charge in [-0.3, -0.25) is 0 Å². The normalized spacial score (nSPS) is 11.0. The van der Waals surface area contributed by atoms with E-state index in [0.29, 0.717) is 0 Å². The van der Waals surface area contributed by atoms with E-state index in [2.05, 4.69) is 0 Å². The zero-order chi connectivity index (χ0) is 12.3. The van der Waals surface area contributed by atoms with Crippen LogP contribution >= 0.6 is 30.6 Å². The van der Waals surface area contributed by atoms with Crippen molar-refractivity contribution < 1.29 is 0 Å². The van der Waals surface area contributed by atoms with Crippen LogP contribution in [0.2, 0.25) is 10.0 Å². The van der Waals surface area contributed by atoms with Gasteiger partial charge in [0.05, 0.1) is 5.66 Å². The van der Waals surface area contributed by atoms with Gasteiger partial charge in [0, 0.05) is 10.0 Å². The molecule has 0 saturated heterocycles. The van der Waals surface area contributed by atoms with Gasteiger partial charge >= 0.3 is 0 Å². The average molecular weight is 299 g/mol. The largest absolute Gasteiger partial charge is 0.0840 e. The monoisotopic (exact) mass is 298 g/mol. The molecule has 4 heteroatoms. The van der Waals surface area contributed by atoms with Gasteiger partial charge < -0.3 is 0 Å². The van der Waals surface area contributed by atoms with Crippen LogP contribution in [0, 0.1) is 0 Å². The van der Waals surface area contributed by atoms with Crippen molar-refractivity contribution in [1.29, 1.82) is 0 Å². The third kappa shape index (κ3) is 2.86. The minimum Gasteiger partial charge on any atom is -0.0840 e. The van der Waals surface area contributed by atoms with Crippen molar-refractivity contribution in [3.63, 3.8) is 0 Å². The van der Waals surface area contributed by atoms with Crippen LogP contribution in [-0.2, 0) is 11.8 Å². The molecule has 2 rings (SSSR count). The Hall–Kier alpha value is -0.460. The lowest BCUT2D eigenvalue weighted by atomic mass is 10.0. The fourth-order valence-electron chi connectivity index (χ4n) is 1.67. The SMILES string of the molecule is S=PC(c1ccccc1Cl)c1ccccc1Cl. The third-order valence-corrected chi connectivity index (χ3v) is 4.59. The Labute approximate surface area is 117 Å². The molecule has 0 aliphatic heterocycles. The highest BCUT2D eigenvalue weighted by atomic mass is 35.5. The first-order chi connectivity index (χ1) is 8.24. The molecule has 0 fully saturated rings. The van der Waals surface area contributed by atoms with Gasteiger partial charge in [0.15, 0.2) is 0 Å². The molecule has 0 nitrogen and oxygen atoms in total. The molecule has 2 aromatic rings. The van der Waals surface area contributed by atoms with Gasteiger partial charge in [-0.1, -0.05) is 71.4 Å². The van der Waals surface area contributed by atoms with Crippen LogP contribution in [0.1, 0.15) is 16.8 Å². The van der Waals surface area contributed by atoms with Crippen LogP contribution in [0.25, 0.3) is 0 Å². The van der Waals surface area contributed by atoms with E-state index < -0.39 is 0 Å². The van der Waals surface area contributed by atoms with Crippen molar-refractivity contribution in [1.82, 2.24) is 0 Å². The predicted octanol–water partition coefficient (Wildman–Crippen LogP) is 5.49. The maximum atomic E-state index is 6.21. The van der Waals surface area contributed by atoms with E-state index in [0.717, 1.165) is 28.5 Å². The van der Waals surface area contributed by atoms with Crippen molar-refractivity contribution in [3.8, 4) is 0 Å². The lowest BCUT2D eigenvalue weighted by molar-refractivity contribution is 1.16. The van der Waals surface area contributed by atoms with Crippen molar-refractivity contribution in [2.75, 3.05) is 0 Å². The zero-order valence-corrected chi connectivity index (χ0v) is 12.0. The van der Waals surface area contributed by atoms with E-state index in [9.17, 15) is 0 Å². The summed E-state index contributed by atoms with van der Waals surface area (Å²) in [5.74, 6) is 0. The molecule has 0 N–H and O–H groups in total. The molecule has 0 unspecified atom stereocenters. The molecule has 86 valence electrons. The van der Waals surface area contributed by atoms with E-state index >= 15 is 0 Å². The van der Waals surface area contributed by atoms with Gasteiger partial charge in [0.1, 0.15) is 0 Å². The fraction of sp³-hybridized carbons (Fsp3) is 0.0769. The highest BCUT2D eigenvalue weighted by molar-refractivity contribution is 7.96. The van der Waals surface area contributed by atoms with E-state index in [4.69, 9.17) is 35.0 Å². The van der Waals surface area contributed by atoms with Gasteiger partial charge in [0.2, 0.25) is 0 Å². The predicted molar refractivity (Wildman–Crippen MR) is 79.0 cm³/mol. The second kappa shape index (κ2) is 5.93. The summed E-state index contributed by atoms with van der Waals surface area (Å²) < 4.78 is 0. The summed E-state index contributed by atoms with van der Waals surface area (Å²) >= 11 is 17.6. The van der Waals surface area contributed by atoms with Gasteiger partial charge in [-0.05, 0) is 30.6 Å². The summed E-state index contributed by atoms with van der Waals surface area (Å²) in [5, 5.41) is 1.46. The molecule has 0 aliphatic carbocycles. The number of halogens is 2. The second-order valence-corrected chi connectivity index (χ2v) is 5.73. The molecule has 0 aromatic heterocycles. The minimum atomic E-state index is 0.0485. The van der Waals surface area contributed by atoms with E-state index in [1.165, 1.54) is 0 Å². The lowest BCUT2D eigenvalue weighted by Crippen LogP contribution is -1.95. The van der Waals surface area contributed by atoms with Gasteiger partial charge in [-0.15, -0.1) is 0 Å². The van der Waals surface area contributed by atoms with E-state index in [-0.39, 0.29) is 5.66 Å². The molecule has 0 spiro atoms. The summed E-state index contributed by atoms with van der Waals surface area (Å²) in [6, 6.07) is 15.5. The first-order valence-electron chi connectivity index (χ1n) is 5.05. The quantitative estimate of drug-likeness (QED) is 0.675. The lowest BCUT2D eigenvalue weighted by Gasteiger charge is -2.14. The van der Waals surface area contributed by atoms with Crippen LogP contribution in [-0.4, -0.2) is 0 Å². The Morgan fingerprint density at radius 3 is 1.59 bits per heavy atom. The average Bonchev–Trinajstić information content (AvgIpc) is 2.34. The summed E-state index contributed by atoms with van der Waals surface area (Å²) in [6.07, 6.45) is 0. The summed E-state index contributed by atoms with van der Waals surface area (Å²) in [4.78, 5) is 0. The fourth-order valence-corrected chi connectivity index (χ4v) is 3.68. The smallest absolute Gasteiger partial charge is 0.0641 e. The maximum Gasteiger partial charge on any atom is 0.0641 e. The van der Waals surface area contributed by atoms with E-state index in [1.54, 1.807) is 0 Å². The minimum absolute atomic E-state index is 0.0485. The highest BCUT2D eigenvalue weighted by Gasteiger charge is 2.17. The van der Waals surface area contributed by atoms with E-state index in [1.807, 2.05) is 48.5 Å². The molecule has 0 amide bonds. The van der Waals surface area contributed by atoms with Crippen molar-refractivity contribution >= 4 is 42.4 Å². The molecule has 0 saturated carbocycles. The molecule has 0 heterocycles. The highest BCUT2D eigenvalue weighted by Crippen LogP contribution is 2.40. The number of rotatable bonds is 3. The molecule has 2 aromatic carbocycles. The van der Waals surface area contributed by atoms with Crippen molar-refractivity contribution in [3.05, 3.63) is 69.7 Å². The summed E-state index contributed by atoms with van der Waals surface area (Å²) in [5.41, 5.74) is 2.10. The standard InChI is InChI=1S/C13H9Cl2PS/c14-11-7-3-1-5-9(11)13(16-17)10-6-2-4-8-12(10)15/h1-8,13H. The van der Waals surface area contributed by atoms with Crippen LogP contribution in [0.5, 0.6) is 0 Å². The topological polar surface area (TPSA) is 0 Å². The number of hydrogen-bond acceptors (Lipinski definition) is 1. The van der Waals surface area contributed by atoms with Gasteiger partial charge in [0.25, 0.3) is 0 Å². The van der Waals surface area contributed by atoms with Gasteiger partial charge in [-0.2, -0.15) is 0 Å². The van der Waals surface area contributed by atoms with Crippen molar-refractivity contribution in [2.24, 2.45) is 0 Å². The van der Waals surface area contributed by atoms with Crippen LogP contribution < -0.4 is 0 Å². The molecule has 0 radical (unpaired) electrons. The number of benzene rings is 2. The molecule has 0 atom stereocenters. The van der Waals surface area contributed by atoms with Crippen LogP contribution in [0.4, 0.5) is 0 Å². The molecule has 0 aliphatic rings. The first-order valence-corrected chi connectivity index (χ1v) is 7.78. The first kappa shape index (κ1) is 13.0. The van der Waals surface area contributed by atoms with Crippen LogP contribution in [0.15, 0.2) is 48.5 Å². The molecule has 17 heavy (non-hydrogen) atoms. The summed E-state index contributed by atoms with van der Waals surface area (Å²) in [7, 11) is 0.815. The zero-order valence-electron chi connectivity index (χ0n) is 8.81. The molecular weight excluding hydrogens is 290 g/mol. The maximum absolute atomic E-state index is 6.21. The molecular formula is C13H9Cl2PS. The Balaban J connectivity index is 2.52.